The van der Waals surface area contributed by atoms with E-state index in [2.05, 4.69) is 34.8 Å². The molecule has 1 atom stereocenters. The molecule has 0 unspecified atom stereocenters. The average Bonchev–Trinajstić information content (AvgIpc) is 2.71. The summed E-state index contributed by atoms with van der Waals surface area (Å²) in [5.74, 6) is 0.172. The van der Waals surface area contributed by atoms with Gasteiger partial charge in [0.1, 0.15) is 11.8 Å². The number of nitrogens with one attached hydrogen (secondary N) is 1. The minimum atomic E-state index is -0.626. The van der Waals surface area contributed by atoms with Gasteiger partial charge in [0, 0.05) is 21.7 Å². The lowest BCUT2D eigenvalue weighted by Gasteiger charge is -2.28. The fourth-order valence-electron chi connectivity index (χ4n) is 2.71. The number of halogens is 2. The van der Waals surface area contributed by atoms with Gasteiger partial charge in [-0.25, -0.2) is 0 Å². The quantitative estimate of drug-likeness (QED) is 0.361. The van der Waals surface area contributed by atoms with Crippen LogP contribution in [-0.2, 0) is 16.1 Å². The van der Waals surface area contributed by atoms with E-state index in [1.54, 1.807) is 19.1 Å². The first-order valence-corrected chi connectivity index (χ1v) is 11.1. The first kappa shape index (κ1) is 23.5. The van der Waals surface area contributed by atoms with Crippen LogP contribution < -0.4 is 10.1 Å². The topological polar surface area (TPSA) is 58.6 Å². The monoisotopic (exact) mass is 528 g/mol. The van der Waals surface area contributed by atoms with Crippen molar-refractivity contribution in [2.75, 3.05) is 13.2 Å². The summed E-state index contributed by atoms with van der Waals surface area (Å²) >= 11 is 8.29. The molecule has 0 bridgehead atoms. The predicted octanol–water partition coefficient (Wildman–Crippen LogP) is 4.66. The van der Waals surface area contributed by atoms with E-state index >= 15 is 0 Å². The van der Waals surface area contributed by atoms with E-state index in [9.17, 15) is 9.59 Å². The Morgan fingerprint density at radius 1 is 1.21 bits per heavy atom. The van der Waals surface area contributed by atoms with Gasteiger partial charge in [0.15, 0.2) is 6.61 Å². The Kier molecular flexibility index (Phi) is 9.73. The van der Waals surface area contributed by atoms with Crippen LogP contribution in [0.5, 0.6) is 5.75 Å². The number of carbonyl (C=O) groups is 2. The van der Waals surface area contributed by atoms with E-state index in [-0.39, 0.29) is 25.0 Å². The summed E-state index contributed by atoms with van der Waals surface area (Å²) in [6.45, 7) is 4.52. The summed E-state index contributed by atoms with van der Waals surface area (Å²) in [6.07, 6.45) is 1.89. The molecule has 1 N–H and O–H groups in total. The number of amides is 2. The molecule has 0 saturated heterocycles. The lowest BCUT2D eigenvalue weighted by molar-refractivity contribution is -0.142. The lowest BCUT2D eigenvalue weighted by Crippen LogP contribution is -2.49. The fraction of sp³-hybridized carbons (Fsp3) is 0.364. The Balaban J connectivity index is 2.10. The molecule has 0 aliphatic carbocycles. The molecule has 0 aromatic heterocycles. The van der Waals surface area contributed by atoms with Gasteiger partial charge >= 0.3 is 0 Å². The molecule has 0 fully saturated rings. The van der Waals surface area contributed by atoms with Gasteiger partial charge in [0.2, 0.25) is 5.91 Å². The van der Waals surface area contributed by atoms with Crippen molar-refractivity contribution in [1.82, 2.24) is 10.2 Å². The Morgan fingerprint density at radius 2 is 1.93 bits per heavy atom. The molecule has 0 aliphatic rings. The van der Waals surface area contributed by atoms with Gasteiger partial charge in [-0.05, 0) is 77.9 Å². The van der Waals surface area contributed by atoms with E-state index in [0.29, 0.717) is 17.3 Å². The largest absolute Gasteiger partial charge is 0.484 e. The van der Waals surface area contributed by atoms with Crippen molar-refractivity contribution in [2.45, 2.75) is 39.3 Å². The summed E-state index contributed by atoms with van der Waals surface area (Å²) in [6, 6.07) is 14.1. The second-order valence-electron chi connectivity index (χ2n) is 6.71. The molecule has 29 heavy (non-hydrogen) atoms. The van der Waals surface area contributed by atoms with E-state index in [0.717, 1.165) is 22.0 Å². The number of unbranched alkanes of at least 4 members (excludes halogenated alkanes) is 1. The highest BCUT2D eigenvalue weighted by atomic mass is 127. The highest BCUT2D eigenvalue weighted by Crippen LogP contribution is 2.17. The zero-order valence-electron chi connectivity index (χ0n) is 16.7. The minimum Gasteiger partial charge on any atom is -0.484 e. The highest BCUT2D eigenvalue weighted by Gasteiger charge is 2.26. The third-order valence-corrected chi connectivity index (χ3v) is 5.37. The molecule has 0 saturated carbocycles. The SMILES string of the molecule is CCCCNC(=O)[C@H](C)N(Cc1cccc(Cl)c1)C(=O)COc1ccc(I)cc1. The highest BCUT2D eigenvalue weighted by molar-refractivity contribution is 14.1. The van der Waals surface area contributed by atoms with Crippen molar-refractivity contribution < 1.29 is 14.3 Å². The third-order valence-electron chi connectivity index (χ3n) is 4.41. The van der Waals surface area contributed by atoms with Crippen LogP contribution in [0.3, 0.4) is 0 Å². The van der Waals surface area contributed by atoms with Crippen LogP contribution in [-0.4, -0.2) is 35.9 Å². The Hall–Kier alpha value is -1.80. The molecule has 2 aromatic rings. The molecule has 2 rings (SSSR count). The number of nitrogens with zero attached hydrogens (tertiary/aromatic N) is 1. The molecular formula is C22H26ClIN2O3. The van der Waals surface area contributed by atoms with Gasteiger partial charge in [0.25, 0.3) is 5.91 Å². The summed E-state index contributed by atoms with van der Waals surface area (Å²) in [4.78, 5) is 27.0. The number of ether oxygens (including phenoxy) is 1. The van der Waals surface area contributed by atoms with E-state index in [1.807, 2.05) is 36.4 Å². The van der Waals surface area contributed by atoms with Crippen molar-refractivity contribution in [2.24, 2.45) is 0 Å². The molecule has 0 radical (unpaired) electrons. The summed E-state index contributed by atoms with van der Waals surface area (Å²) in [7, 11) is 0. The number of hydrogen-bond donors (Lipinski definition) is 1. The Labute approximate surface area is 190 Å². The molecule has 2 amide bonds. The molecular weight excluding hydrogens is 503 g/mol. The third kappa shape index (κ3) is 7.85. The van der Waals surface area contributed by atoms with Crippen LogP contribution in [0.25, 0.3) is 0 Å². The van der Waals surface area contributed by atoms with Gasteiger partial charge in [0.05, 0.1) is 0 Å². The predicted molar refractivity (Wildman–Crippen MR) is 124 cm³/mol. The molecule has 156 valence electrons. The van der Waals surface area contributed by atoms with Gasteiger partial charge < -0.3 is 15.0 Å². The maximum Gasteiger partial charge on any atom is 0.261 e. The van der Waals surface area contributed by atoms with Gasteiger partial charge in [-0.15, -0.1) is 0 Å². The van der Waals surface area contributed by atoms with Crippen molar-refractivity contribution in [1.29, 1.82) is 0 Å². The average molecular weight is 529 g/mol. The first-order valence-electron chi connectivity index (χ1n) is 9.60. The van der Waals surface area contributed by atoms with Crippen LogP contribution in [0.1, 0.15) is 32.3 Å². The maximum atomic E-state index is 12.9. The molecule has 7 heteroatoms. The second-order valence-corrected chi connectivity index (χ2v) is 8.40. The molecule has 5 nitrogen and oxygen atoms in total. The number of benzene rings is 2. The Bertz CT molecular complexity index is 814. The molecule has 2 aromatic carbocycles. The minimum absolute atomic E-state index is 0.145. The maximum absolute atomic E-state index is 12.9. The Morgan fingerprint density at radius 3 is 2.59 bits per heavy atom. The van der Waals surface area contributed by atoms with Gasteiger partial charge in [-0.2, -0.15) is 0 Å². The number of hydrogen-bond acceptors (Lipinski definition) is 3. The van der Waals surface area contributed by atoms with Crippen molar-refractivity contribution in [3.63, 3.8) is 0 Å². The van der Waals surface area contributed by atoms with Crippen LogP contribution in [0.2, 0.25) is 5.02 Å². The summed E-state index contributed by atoms with van der Waals surface area (Å²) in [5, 5.41) is 3.48. The normalized spacial score (nSPS) is 11.6. The molecule has 0 spiro atoms. The van der Waals surface area contributed by atoms with E-state index in [4.69, 9.17) is 16.3 Å². The van der Waals surface area contributed by atoms with Crippen LogP contribution in [0.15, 0.2) is 48.5 Å². The van der Waals surface area contributed by atoms with E-state index < -0.39 is 6.04 Å². The first-order chi connectivity index (χ1) is 13.9. The smallest absolute Gasteiger partial charge is 0.261 e. The zero-order valence-corrected chi connectivity index (χ0v) is 19.6. The summed E-state index contributed by atoms with van der Waals surface area (Å²) < 4.78 is 6.73. The van der Waals surface area contributed by atoms with Crippen LogP contribution >= 0.6 is 34.2 Å². The van der Waals surface area contributed by atoms with Crippen LogP contribution in [0, 0.1) is 3.57 Å². The zero-order chi connectivity index (χ0) is 21.2. The summed E-state index contributed by atoms with van der Waals surface area (Å²) in [5.41, 5.74) is 0.855. The van der Waals surface area contributed by atoms with Crippen molar-refractivity contribution >= 4 is 46.0 Å². The van der Waals surface area contributed by atoms with Gasteiger partial charge in [-0.3, -0.25) is 9.59 Å². The molecule has 0 heterocycles. The van der Waals surface area contributed by atoms with Crippen LogP contribution in [0.4, 0.5) is 0 Å². The lowest BCUT2D eigenvalue weighted by atomic mass is 10.1. The van der Waals surface area contributed by atoms with Crippen molar-refractivity contribution in [3.8, 4) is 5.75 Å². The van der Waals surface area contributed by atoms with Crippen molar-refractivity contribution in [3.05, 3.63) is 62.7 Å². The fourth-order valence-corrected chi connectivity index (χ4v) is 3.28. The number of carbonyl (C=O) groups excluding carboxylic acids is 2. The molecule has 0 aliphatic heterocycles. The number of rotatable bonds is 10. The van der Waals surface area contributed by atoms with Gasteiger partial charge in [-0.1, -0.05) is 37.1 Å². The second kappa shape index (κ2) is 12.0. The van der Waals surface area contributed by atoms with E-state index in [1.165, 1.54) is 4.90 Å². The standard InChI is InChI=1S/C22H26ClIN2O3/c1-3-4-12-25-22(28)16(2)26(14-17-6-5-7-18(23)13-17)21(27)15-29-20-10-8-19(24)9-11-20/h5-11,13,16H,3-4,12,14-15H2,1-2H3,(H,25,28)/t16-/m0/s1.